The predicted molar refractivity (Wildman–Crippen MR) is 184 cm³/mol. The number of likely N-dealkylation sites (N-methyl/N-ethyl adjacent to an activating group) is 2. The third-order valence-corrected chi connectivity index (χ3v) is 7.93. The summed E-state index contributed by atoms with van der Waals surface area (Å²) in [5.74, 6) is -13.8. The van der Waals surface area contributed by atoms with E-state index >= 15 is 0 Å². The fourth-order valence-electron chi connectivity index (χ4n) is 4.90. The molecule has 3 aliphatic rings. The molecule has 1 aliphatic carbocycles. The van der Waals surface area contributed by atoms with Crippen LogP contribution in [0.5, 0.6) is 0 Å². The molecule has 0 amide bonds. The van der Waals surface area contributed by atoms with E-state index in [0.29, 0.717) is 13.0 Å². The number of halogens is 15. The van der Waals surface area contributed by atoms with Crippen LogP contribution >= 0.6 is 0 Å². The Kier molecular flexibility index (Phi) is 27.8. The monoisotopic (exact) mass is 1030 g/mol. The highest BCUT2D eigenvalue weighted by Crippen LogP contribution is 2.31. The Hall–Kier alpha value is -4.18. The number of carboxylic acids is 5. The molecular weight excluding hydrogens is 987 g/mol. The number of aliphatic hydroxyl groups excluding tert-OH is 2. The third-order valence-electron chi connectivity index (χ3n) is 7.93. The number of rotatable bonds is 7. The molecule has 398 valence electrons. The highest BCUT2D eigenvalue weighted by Gasteiger charge is 2.51. The second kappa shape index (κ2) is 27.7. The predicted octanol–water partition coefficient (Wildman–Crippen LogP) is -0.549. The van der Waals surface area contributed by atoms with Gasteiger partial charge in [0.25, 0.3) is 0 Å². The van der Waals surface area contributed by atoms with Crippen molar-refractivity contribution in [2.75, 3.05) is 27.2 Å². The first-order valence-electron chi connectivity index (χ1n) is 17.6. The lowest BCUT2D eigenvalue weighted by atomic mass is 9.84. The zero-order valence-electron chi connectivity index (χ0n) is 34.0. The van der Waals surface area contributed by atoms with E-state index in [1.54, 1.807) is 14.0 Å². The molecule has 2 heterocycles. The molecule has 0 spiro atoms. The minimum Gasteiger partial charge on any atom is -0.475 e. The number of nitrogens with one attached hydrogen (secondary N) is 2. The summed E-state index contributed by atoms with van der Waals surface area (Å²) in [7, 11) is 3.47. The molecule has 0 bridgehead atoms. The molecule has 0 aromatic carbocycles. The quantitative estimate of drug-likeness (QED) is 0.142. The number of alkyl halides is 15. The van der Waals surface area contributed by atoms with Gasteiger partial charge in [0.15, 0.2) is 12.6 Å². The molecular formula is C30H46F15N5O17. The van der Waals surface area contributed by atoms with Crippen LogP contribution < -0.4 is 27.8 Å². The van der Waals surface area contributed by atoms with Crippen molar-refractivity contribution in [3.8, 4) is 0 Å². The zero-order valence-corrected chi connectivity index (χ0v) is 34.0. The van der Waals surface area contributed by atoms with Gasteiger partial charge in [-0.05, 0) is 40.3 Å². The SMILES string of the molecule is CNC[C@@H]1CC[C@@H](N)[C@@H](O[C@H]2[C@H](O)[C@@H](O[C@H]3OC[C@](C)(O)[C@H](NC)[C@H]3O)[C@H](N)C[C@@H]2N)O1.O=C(O)C(F)(F)F.O=C(O)C(F)(F)F.O=C(O)C(F)(F)F.O=C(O)C(F)(F)F.O=C(O)C(F)(F)F. The van der Waals surface area contributed by atoms with E-state index in [9.17, 15) is 81.2 Å². The average Bonchev–Trinajstić information content (AvgIpc) is 3.13. The number of nitrogens with two attached hydrogens (primary N) is 3. The second-order valence-electron chi connectivity index (χ2n) is 13.5. The average molecular weight is 1030 g/mol. The Morgan fingerprint density at radius 1 is 0.597 bits per heavy atom. The van der Waals surface area contributed by atoms with Gasteiger partial charge < -0.3 is 87.6 Å². The molecule has 37 heteroatoms. The number of aliphatic carboxylic acids is 5. The lowest BCUT2D eigenvalue weighted by Gasteiger charge is -2.48. The van der Waals surface area contributed by atoms with Gasteiger partial charge in [0.2, 0.25) is 0 Å². The van der Waals surface area contributed by atoms with Gasteiger partial charge in [0.05, 0.1) is 24.8 Å². The zero-order chi connectivity index (χ0) is 54.0. The second-order valence-corrected chi connectivity index (χ2v) is 13.5. The molecule has 67 heavy (non-hydrogen) atoms. The molecule has 22 nitrogen and oxygen atoms in total. The first kappa shape index (κ1) is 67.1. The number of aliphatic hydroxyl groups is 3. The highest BCUT2D eigenvalue weighted by molar-refractivity contribution is 5.74. The van der Waals surface area contributed by atoms with Gasteiger partial charge in [-0.15, -0.1) is 0 Å². The van der Waals surface area contributed by atoms with E-state index in [0.717, 1.165) is 12.8 Å². The molecule has 1 saturated carbocycles. The van der Waals surface area contributed by atoms with Crippen LogP contribution in [0.25, 0.3) is 0 Å². The van der Waals surface area contributed by atoms with Crippen LogP contribution in [0, 0.1) is 0 Å². The van der Waals surface area contributed by atoms with E-state index in [4.69, 9.17) is 85.7 Å². The van der Waals surface area contributed by atoms with Crippen LogP contribution in [0.1, 0.15) is 26.2 Å². The van der Waals surface area contributed by atoms with Crippen molar-refractivity contribution in [3.05, 3.63) is 0 Å². The van der Waals surface area contributed by atoms with E-state index in [1.807, 2.05) is 7.05 Å². The van der Waals surface area contributed by atoms with Crippen molar-refractivity contribution < 1.29 is 150 Å². The Morgan fingerprint density at radius 3 is 1.19 bits per heavy atom. The van der Waals surface area contributed by atoms with Gasteiger partial charge in [-0.2, -0.15) is 65.9 Å². The van der Waals surface area contributed by atoms with Crippen LogP contribution in [0.3, 0.4) is 0 Å². The van der Waals surface area contributed by atoms with E-state index in [-0.39, 0.29) is 18.8 Å². The van der Waals surface area contributed by atoms with E-state index < -0.39 is 121 Å². The van der Waals surface area contributed by atoms with Crippen LogP contribution in [0.2, 0.25) is 0 Å². The van der Waals surface area contributed by atoms with Gasteiger partial charge in [0.1, 0.15) is 30.0 Å². The minimum absolute atomic E-state index is 0.0480. The largest absolute Gasteiger partial charge is 0.490 e. The van der Waals surface area contributed by atoms with Crippen LogP contribution in [0.4, 0.5) is 65.9 Å². The maximum absolute atomic E-state index is 11.1. The van der Waals surface area contributed by atoms with Crippen molar-refractivity contribution in [1.29, 1.82) is 0 Å². The Balaban J connectivity index is -0.000000942. The fraction of sp³-hybridized carbons (Fsp3) is 0.833. The summed E-state index contributed by atoms with van der Waals surface area (Å²) >= 11 is 0. The van der Waals surface area contributed by atoms with Gasteiger partial charge in [0, 0.05) is 18.6 Å². The Morgan fingerprint density at radius 2 is 0.910 bits per heavy atom. The van der Waals surface area contributed by atoms with Gasteiger partial charge >= 0.3 is 60.7 Å². The molecule has 2 saturated heterocycles. The van der Waals surface area contributed by atoms with Crippen LogP contribution in [-0.2, 0) is 42.9 Å². The van der Waals surface area contributed by atoms with E-state index in [2.05, 4.69) is 10.6 Å². The van der Waals surface area contributed by atoms with Gasteiger partial charge in [-0.25, -0.2) is 24.0 Å². The smallest absolute Gasteiger partial charge is 0.475 e. The van der Waals surface area contributed by atoms with Crippen molar-refractivity contribution in [1.82, 2.24) is 10.6 Å². The summed E-state index contributed by atoms with van der Waals surface area (Å²) < 4.78 is 182. The Bertz CT molecular complexity index is 1400. The molecule has 2 aliphatic heterocycles. The highest BCUT2D eigenvalue weighted by atomic mass is 19.4. The number of hydrogen-bond donors (Lipinski definition) is 13. The molecule has 0 unspecified atom stereocenters. The van der Waals surface area contributed by atoms with Crippen molar-refractivity contribution in [2.24, 2.45) is 17.2 Å². The number of carbonyl (C=O) groups is 5. The van der Waals surface area contributed by atoms with Crippen LogP contribution in [0.15, 0.2) is 0 Å². The molecule has 16 N–H and O–H groups in total. The minimum atomic E-state index is -5.08. The first-order chi connectivity index (χ1) is 29.8. The summed E-state index contributed by atoms with van der Waals surface area (Å²) in [4.78, 5) is 44.5. The third kappa shape index (κ3) is 26.2. The first-order valence-corrected chi connectivity index (χ1v) is 17.6. The number of carboxylic acid groups (broad SMARTS) is 5. The molecule has 0 aromatic rings. The summed E-state index contributed by atoms with van der Waals surface area (Å²) in [5.41, 5.74) is 17.4. The molecule has 0 aromatic heterocycles. The lowest BCUT2D eigenvalue weighted by molar-refractivity contribution is -0.306. The summed E-state index contributed by atoms with van der Waals surface area (Å²) in [5, 5.41) is 73.8. The van der Waals surface area contributed by atoms with Crippen molar-refractivity contribution >= 4 is 29.8 Å². The topological polar surface area (TPSA) is 386 Å². The summed E-state index contributed by atoms with van der Waals surface area (Å²) in [6.07, 6.45) is -29.5. The van der Waals surface area contributed by atoms with Crippen molar-refractivity contribution in [2.45, 2.75) is 130 Å². The van der Waals surface area contributed by atoms with E-state index in [1.165, 1.54) is 0 Å². The maximum Gasteiger partial charge on any atom is 0.490 e. The molecule has 0 radical (unpaired) electrons. The normalized spacial score (nSPS) is 29.9. The fourth-order valence-corrected chi connectivity index (χ4v) is 4.90. The molecule has 3 rings (SSSR count). The van der Waals surface area contributed by atoms with Gasteiger partial charge in [-0.1, -0.05) is 0 Å². The van der Waals surface area contributed by atoms with Crippen molar-refractivity contribution in [3.63, 3.8) is 0 Å². The Labute approximate surface area is 365 Å². The standard InChI is InChI=1S/C20H41N5O7.5C2HF3O2/c1-20(28)8-29-19(14(27)17(20)25-3)32-16-12(23)6-11(22)15(13(16)26)31-18-10(21)5-4-9(30-18)7-24-2;5*3-2(4,5)1(6)7/h9-19,24-28H,4-8,21-23H2,1-3H3;5*(H,6,7)/t9-,10+,11-,12+,13-,14+,15+,16-,17+,18+,19+,20-;;;;;/m0...../s1. The van der Waals surface area contributed by atoms with Crippen LogP contribution in [-0.4, -0.2) is 202 Å². The molecule has 3 fully saturated rings. The summed E-state index contributed by atoms with van der Waals surface area (Å²) in [6.45, 7) is 2.16. The number of hydrogen-bond acceptors (Lipinski definition) is 17. The molecule has 12 atom stereocenters. The summed E-state index contributed by atoms with van der Waals surface area (Å²) in [6, 6.07) is -2.20. The lowest BCUT2D eigenvalue weighted by Crippen LogP contribution is -2.68. The number of ether oxygens (including phenoxy) is 4. The van der Waals surface area contributed by atoms with Gasteiger partial charge in [-0.3, -0.25) is 0 Å². The maximum atomic E-state index is 11.1.